The van der Waals surface area contributed by atoms with E-state index in [0.717, 1.165) is 12.8 Å². The van der Waals surface area contributed by atoms with Gasteiger partial charge in [-0.1, -0.05) is 20.8 Å². The first-order valence-corrected chi connectivity index (χ1v) is 5.93. The predicted octanol–water partition coefficient (Wildman–Crippen LogP) is 2.75. The van der Waals surface area contributed by atoms with E-state index in [9.17, 15) is 9.59 Å². The van der Waals surface area contributed by atoms with E-state index in [1.165, 1.54) is 0 Å². The molecule has 15 heavy (non-hydrogen) atoms. The summed E-state index contributed by atoms with van der Waals surface area (Å²) in [5.74, 6) is 1.21. The van der Waals surface area contributed by atoms with Crippen molar-refractivity contribution < 1.29 is 9.59 Å². The fourth-order valence-corrected chi connectivity index (χ4v) is 3.39. The molecule has 0 aliphatic heterocycles. The van der Waals surface area contributed by atoms with Gasteiger partial charge in [0.25, 0.3) is 0 Å². The van der Waals surface area contributed by atoms with Crippen molar-refractivity contribution in [3.8, 4) is 0 Å². The quantitative estimate of drug-likeness (QED) is 0.613. The number of Topliss-reactive ketones (excluding diaryl/α,β-unsaturated/α-hetero) is 2. The van der Waals surface area contributed by atoms with Crippen molar-refractivity contribution >= 4 is 11.6 Å². The molecule has 2 nitrogen and oxygen atoms in total. The lowest BCUT2D eigenvalue weighted by molar-refractivity contribution is -0.151. The van der Waals surface area contributed by atoms with Crippen molar-refractivity contribution in [2.75, 3.05) is 0 Å². The van der Waals surface area contributed by atoms with E-state index < -0.39 is 0 Å². The SMILES string of the molecule is CC1(C)C(=O)CC[C@@H]2CC(=O)CC[C@]21C. The molecule has 0 unspecified atom stereocenters. The second-order valence-electron chi connectivity index (χ2n) is 5.94. The molecular weight excluding hydrogens is 188 g/mol. The van der Waals surface area contributed by atoms with Crippen LogP contribution in [-0.4, -0.2) is 11.6 Å². The highest BCUT2D eigenvalue weighted by atomic mass is 16.1. The lowest BCUT2D eigenvalue weighted by atomic mass is 9.49. The fourth-order valence-electron chi connectivity index (χ4n) is 3.39. The maximum atomic E-state index is 12.0. The van der Waals surface area contributed by atoms with Crippen LogP contribution in [0.3, 0.4) is 0 Å². The molecule has 0 heterocycles. The molecule has 2 aliphatic rings. The van der Waals surface area contributed by atoms with Crippen LogP contribution in [0.2, 0.25) is 0 Å². The van der Waals surface area contributed by atoms with Crippen LogP contribution in [0, 0.1) is 16.7 Å². The Kier molecular flexibility index (Phi) is 2.29. The third-order valence-corrected chi connectivity index (χ3v) is 5.14. The molecule has 0 aromatic carbocycles. The highest BCUT2D eigenvalue weighted by Crippen LogP contribution is 2.57. The molecule has 2 fully saturated rings. The van der Waals surface area contributed by atoms with E-state index in [1.807, 2.05) is 0 Å². The molecule has 2 heteroatoms. The van der Waals surface area contributed by atoms with Crippen LogP contribution in [0.15, 0.2) is 0 Å². The van der Waals surface area contributed by atoms with Gasteiger partial charge in [-0.2, -0.15) is 0 Å². The van der Waals surface area contributed by atoms with E-state index in [2.05, 4.69) is 20.8 Å². The summed E-state index contributed by atoms with van der Waals surface area (Å²) in [5, 5.41) is 0. The van der Waals surface area contributed by atoms with Crippen LogP contribution in [0.5, 0.6) is 0 Å². The fraction of sp³-hybridized carbons (Fsp3) is 0.846. The summed E-state index contributed by atoms with van der Waals surface area (Å²) in [6.45, 7) is 6.34. The zero-order valence-electron chi connectivity index (χ0n) is 9.93. The van der Waals surface area contributed by atoms with Gasteiger partial charge in [0, 0.05) is 24.7 Å². The molecule has 0 aromatic heterocycles. The molecular formula is C13H20O2. The standard InChI is InChI=1S/C13H20O2/c1-12(2)11(15)5-4-9-8-10(14)6-7-13(9,12)3/h9H,4-8H2,1-3H3/t9-,13-/m1/s1. The van der Waals surface area contributed by atoms with E-state index in [4.69, 9.17) is 0 Å². The summed E-state index contributed by atoms with van der Waals surface area (Å²) in [5.41, 5.74) is -0.188. The lowest BCUT2D eigenvalue weighted by Crippen LogP contribution is -2.52. The van der Waals surface area contributed by atoms with E-state index in [0.29, 0.717) is 36.7 Å². The van der Waals surface area contributed by atoms with E-state index >= 15 is 0 Å². The van der Waals surface area contributed by atoms with Crippen molar-refractivity contribution in [1.82, 2.24) is 0 Å². The normalized spacial score (nSPS) is 40.1. The smallest absolute Gasteiger partial charge is 0.139 e. The Morgan fingerprint density at radius 1 is 1.13 bits per heavy atom. The molecule has 84 valence electrons. The zero-order chi connectivity index (χ0) is 11.3. The van der Waals surface area contributed by atoms with E-state index in [1.54, 1.807) is 0 Å². The van der Waals surface area contributed by atoms with Crippen molar-refractivity contribution in [2.45, 2.75) is 52.9 Å². The van der Waals surface area contributed by atoms with E-state index in [-0.39, 0.29) is 10.8 Å². The number of ketones is 2. The molecule has 2 atom stereocenters. The van der Waals surface area contributed by atoms with Gasteiger partial charge in [0.05, 0.1) is 0 Å². The Morgan fingerprint density at radius 3 is 2.47 bits per heavy atom. The number of fused-ring (bicyclic) bond motifs is 1. The van der Waals surface area contributed by atoms with Gasteiger partial charge in [-0.05, 0) is 24.2 Å². The maximum Gasteiger partial charge on any atom is 0.139 e. The monoisotopic (exact) mass is 208 g/mol. The summed E-state index contributed by atoms with van der Waals surface area (Å²) in [6.07, 6.45) is 3.86. The number of hydrogen-bond acceptors (Lipinski definition) is 2. The lowest BCUT2D eigenvalue weighted by Gasteiger charge is -2.54. The molecule has 0 amide bonds. The molecule has 0 spiro atoms. The van der Waals surface area contributed by atoms with Gasteiger partial charge < -0.3 is 0 Å². The third-order valence-electron chi connectivity index (χ3n) is 5.14. The van der Waals surface area contributed by atoms with Crippen molar-refractivity contribution in [3.63, 3.8) is 0 Å². The van der Waals surface area contributed by atoms with Gasteiger partial charge in [0.2, 0.25) is 0 Å². The average Bonchev–Trinajstić information content (AvgIpc) is 2.17. The van der Waals surface area contributed by atoms with Crippen LogP contribution in [0.25, 0.3) is 0 Å². The molecule has 2 aliphatic carbocycles. The topological polar surface area (TPSA) is 34.1 Å². The molecule has 2 saturated carbocycles. The van der Waals surface area contributed by atoms with Crippen LogP contribution in [-0.2, 0) is 9.59 Å². The highest BCUT2D eigenvalue weighted by Gasteiger charge is 2.55. The Hall–Kier alpha value is -0.660. The largest absolute Gasteiger partial charge is 0.300 e. The molecule has 0 saturated heterocycles. The minimum atomic E-state index is -0.239. The van der Waals surface area contributed by atoms with Gasteiger partial charge in [-0.25, -0.2) is 0 Å². The molecule has 0 N–H and O–H groups in total. The summed E-state index contributed by atoms with van der Waals surface area (Å²) in [4.78, 5) is 23.4. The second-order valence-corrected chi connectivity index (χ2v) is 5.94. The van der Waals surface area contributed by atoms with Gasteiger partial charge in [0.15, 0.2) is 0 Å². The van der Waals surface area contributed by atoms with Gasteiger partial charge in [-0.15, -0.1) is 0 Å². The number of carbonyl (C=O) groups is 2. The van der Waals surface area contributed by atoms with Crippen LogP contribution < -0.4 is 0 Å². The first-order chi connectivity index (χ1) is 6.88. The molecule has 0 radical (unpaired) electrons. The minimum absolute atomic E-state index is 0.0518. The Balaban J connectivity index is 2.35. The van der Waals surface area contributed by atoms with Gasteiger partial charge in [0.1, 0.15) is 11.6 Å². The predicted molar refractivity (Wildman–Crippen MR) is 58.5 cm³/mol. The Morgan fingerprint density at radius 2 is 1.80 bits per heavy atom. The number of hydrogen-bond donors (Lipinski definition) is 0. The van der Waals surface area contributed by atoms with Crippen molar-refractivity contribution in [2.24, 2.45) is 16.7 Å². The van der Waals surface area contributed by atoms with Crippen LogP contribution >= 0.6 is 0 Å². The first kappa shape index (κ1) is 10.8. The number of carbonyl (C=O) groups excluding carboxylic acids is 2. The van der Waals surface area contributed by atoms with Crippen LogP contribution in [0.1, 0.15) is 52.9 Å². The second kappa shape index (κ2) is 3.16. The summed E-state index contributed by atoms with van der Waals surface area (Å²) in [7, 11) is 0. The summed E-state index contributed by atoms with van der Waals surface area (Å²) < 4.78 is 0. The average molecular weight is 208 g/mol. The minimum Gasteiger partial charge on any atom is -0.300 e. The van der Waals surface area contributed by atoms with Gasteiger partial charge >= 0.3 is 0 Å². The first-order valence-electron chi connectivity index (χ1n) is 5.93. The zero-order valence-corrected chi connectivity index (χ0v) is 9.93. The van der Waals surface area contributed by atoms with Crippen LogP contribution in [0.4, 0.5) is 0 Å². The summed E-state index contributed by atoms with van der Waals surface area (Å²) in [6, 6.07) is 0. The number of rotatable bonds is 0. The van der Waals surface area contributed by atoms with Crippen molar-refractivity contribution in [3.05, 3.63) is 0 Å². The highest BCUT2D eigenvalue weighted by molar-refractivity contribution is 5.87. The summed E-state index contributed by atoms with van der Waals surface area (Å²) >= 11 is 0. The molecule has 0 bridgehead atoms. The maximum absolute atomic E-state index is 12.0. The van der Waals surface area contributed by atoms with Crippen molar-refractivity contribution in [1.29, 1.82) is 0 Å². The Bertz CT molecular complexity index is 316. The molecule has 0 aromatic rings. The third kappa shape index (κ3) is 1.37. The van der Waals surface area contributed by atoms with Gasteiger partial charge in [-0.3, -0.25) is 9.59 Å². The molecule has 2 rings (SSSR count). The Labute approximate surface area is 91.4 Å².